The van der Waals surface area contributed by atoms with Crippen molar-refractivity contribution < 1.29 is 0 Å². The summed E-state index contributed by atoms with van der Waals surface area (Å²) in [5, 5.41) is 3.61. The molecule has 0 aliphatic heterocycles. The third kappa shape index (κ3) is 2.79. The van der Waals surface area contributed by atoms with E-state index >= 15 is 0 Å². The Hall–Kier alpha value is -1.06. The average molecular weight is 248 g/mol. The van der Waals surface area contributed by atoms with Gasteiger partial charge >= 0.3 is 0 Å². The van der Waals surface area contributed by atoms with Crippen molar-refractivity contribution in [3.63, 3.8) is 0 Å². The first-order valence-electron chi connectivity index (χ1n) is 6.09. The summed E-state index contributed by atoms with van der Waals surface area (Å²) in [7, 11) is 2.17. The number of hydrogen-bond donors (Lipinski definition) is 1. The zero-order valence-electron chi connectivity index (χ0n) is 10.5. The van der Waals surface area contributed by atoms with Gasteiger partial charge in [-0.3, -0.25) is 0 Å². The molecule has 0 saturated carbocycles. The van der Waals surface area contributed by atoms with Crippen LogP contribution in [0.2, 0.25) is 0 Å². The highest BCUT2D eigenvalue weighted by atomic mass is 32.1. The van der Waals surface area contributed by atoms with E-state index in [-0.39, 0.29) is 0 Å². The van der Waals surface area contributed by atoms with E-state index in [9.17, 15) is 0 Å². The van der Waals surface area contributed by atoms with Gasteiger partial charge in [0.05, 0.1) is 5.69 Å². The lowest BCUT2D eigenvalue weighted by molar-refractivity contribution is 0.540. The summed E-state index contributed by atoms with van der Waals surface area (Å²) in [6.07, 6.45) is 1.09. The highest BCUT2D eigenvalue weighted by molar-refractivity contribution is 7.17. The minimum absolute atomic E-state index is 0.642. The van der Waals surface area contributed by atoms with Crippen molar-refractivity contribution in [1.82, 2.24) is 0 Å². The van der Waals surface area contributed by atoms with E-state index in [0.717, 1.165) is 19.5 Å². The van der Waals surface area contributed by atoms with Crippen LogP contribution in [0.5, 0.6) is 0 Å². The molecule has 0 fully saturated rings. The van der Waals surface area contributed by atoms with E-state index < -0.39 is 0 Å². The SMILES string of the molecule is CC(CCN)CN(C)c1csc2ccccc12. The maximum atomic E-state index is 5.60. The molecule has 0 bridgehead atoms. The normalized spacial score (nSPS) is 12.9. The number of anilines is 1. The van der Waals surface area contributed by atoms with Gasteiger partial charge in [-0.15, -0.1) is 11.3 Å². The number of benzene rings is 1. The van der Waals surface area contributed by atoms with Gasteiger partial charge in [-0.25, -0.2) is 0 Å². The van der Waals surface area contributed by atoms with Crippen LogP contribution in [-0.4, -0.2) is 20.1 Å². The van der Waals surface area contributed by atoms with Crippen molar-refractivity contribution in [3.05, 3.63) is 29.6 Å². The average Bonchev–Trinajstić information content (AvgIpc) is 2.72. The third-order valence-electron chi connectivity index (χ3n) is 3.12. The Morgan fingerprint density at radius 2 is 2.12 bits per heavy atom. The summed E-state index contributed by atoms with van der Waals surface area (Å²) in [6.45, 7) is 4.11. The number of hydrogen-bond acceptors (Lipinski definition) is 3. The van der Waals surface area contributed by atoms with Gasteiger partial charge in [-0.1, -0.05) is 25.1 Å². The molecule has 2 nitrogen and oxygen atoms in total. The lowest BCUT2D eigenvalue weighted by atomic mass is 10.1. The van der Waals surface area contributed by atoms with Crippen molar-refractivity contribution in [3.8, 4) is 0 Å². The van der Waals surface area contributed by atoms with Gasteiger partial charge in [-0.05, 0) is 24.9 Å². The zero-order valence-corrected chi connectivity index (χ0v) is 11.3. The maximum absolute atomic E-state index is 5.60. The van der Waals surface area contributed by atoms with Crippen LogP contribution in [-0.2, 0) is 0 Å². The van der Waals surface area contributed by atoms with Gasteiger partial charge < -0.3 is 10.6 Å². The van der Waals surface area contributed by atoms with Crippen LogP contribution in [0.4, 0.5) is 5.69 Å². The Kier molecular flexibility index (Phi) is 4.02. The van der Waals surface area contributed by atoms with E-state index in [1.165, 1.54) is 15.8 Å². The monoisotopic (exact) mass is 248 g/mol. The molecule has 0 amide bonds. The summed E-state index contributed by atoms with van der Waals surface area (Å²) in [5.41, 5.74) is 6.94. The fourth-order valence-electron chi connectivity index (χ4n) is 2.20. The number of nitrogens with zero attached hydrogens (tertiary/aromatic N) is 1. The summed E-state index contributed by atoms with van der Waals surface area (Å²) in [6, 6.07) is 8.58. The highest BCUT2D eigenvalue weighted by Crippen LogP contribution is 2.32. The van der Waals surface area contributed by atoms with Crippen LogP contribution in [0.1, 0.15) is 13.3 Å². The molecule has 0 spiro atoms. The highest BCUT2D eigenvalue weighted by Gasteiger charge is 2.10. The Morgan fingerprint density at radius 3 is 2.88 bits per heavy atom. The molecule has 1 unspecified atom stereocenters. The van der Waals surface area contributed by atoms with Crippen LogP contribution in [0.15, 0.2) is 29.6 Å². The smallest absolute Gasteiger partial charge is 0.0552 e. The molecule has 3 heteroatoms. The van der Waals surface area contributed by atoms with E-state index in [4.69, 9.17) is 5.73 Å². The number of fused-ring (bicyclic) bond motifs is 1. The van der Waals surface area contributed by atoms with E-state index in [2.05, 4.69) is 48.5 Å². The van der Waals surface area contributed by atoms with E-state index in [1.54, 1.807) is 0 Å². The molecule has 1 aromatic carbocycles. The minimum atomic E-state index is 0.642. The summed E-state index contributed by atoms with van der Waals surface area (Å²) < 4.78 is 1.36. The number of thiophene rings is 1. The van der Waals surface area contributed by atoms with Crippen molar-refractivity contribution in [2.75, 3.05) is 25.0 Å². The molecule has 0 aliphatic rings. The van der Waals surface area contributed by atoms with Crippen molar-refractivity contribution in [1.29, 1.82) is 0 Å². The largest absolute Gasteiger partial charge is 0.373 e. The Morgan fingerprint density at radius 1 is 1.35 bits per heavy atom. The fraction of sp³-hybridized carbons (Fsp3) is 0.429. The predicted octanol–water partition coefficient (Wildman–Crippen LogP) is 3.32. The first-order valence-corrected chi connectivity index (χ1v) is 6.97. The molecule has 17 heavy (non-hydrogen) atoms. The summed E-state index contributed by atoms with van der Waals surface area (Å²) >= 11 is 1.82. The molecule has 0 saturated heterocycles. The molecule has 0 aliphatic carbocycles. The lowest BCUT2D eigenvalue weighted by Crippen LogP contribution is -2.25. The van der Waals surface area contributed by atoms with Crippen molar-refractivity contribution >= 4 is 27.1 Å². The molecular formula is C14H20N2S. The van der Waals surface area contributed by atoms with Crippen LogP contribution in [0, 0.1) is 5.92 Å². The summed E-state index contributed by atoms with van der Waals surface area (Å²) in [5.74, 6) is 0.642. The van der Waals surface area contributed by atoms with Crippen LogP contribution >= 0.6 is 11.3 Å². The predicted molar refractivity (Wildman–Crippen MR) is 77.9 cm³/mol. The van der Waals surface area contributed by atoms with Crippen LogP contribution in [0.3, 0.4) is 0 Å². The standard InChI is InChI=1S/C14H20N2S/c1-11(7-8-15)9-16(2)13-10-17-14-6-4-3-5-12(13)14/h3-6,10-11H,7-9,15H2,1-2H3. The zero-order chi connectivity index (χ0) is 12.3. The van der Waals surface area contributed by atoms with Gasteiger partial charge in [0.2, 0.25) is 0 Å². The molecule has 1 aromatic heterocycles. The molecular weight excluding hydrogens is 228 g/mol. The molecule has 1 heterocycles. The molecule has 1 atom stereocenters. The first kappa shape index (κ1) is 12.4. The topological polar surface area (TPSA) is 29.3 Å². The molecule has 0 radical (unpaired) electrons. The van der Waals surface area contributed by atoms with Gasteiger partial charge in [0, 0.05) is 29.1 Å². The van der Waals surface area contributed by atoms with Gasteiger partial charge in [0.25, 0.3) is 0 Å². The second-order valence-corrected chi connectivity index (χ2v) is 5.59. The molecule has 2 N–H and O–H groups in total. The van der Waals surface area contributed by atoms with Crippen molar-refractivity contribution in [2.45, 2.75) is 13.3 Å². The van der Waals surface area contributed by atoms with Gasteiger partial charge in [0.1, 0.15) is 0 Å². The van der Waals surface area contributed by atoms with Gasteiger partial charge in [0.15, 0.2) is 0 Å². The van der Waals surface area contributed by atoms with Gasteiger partial charge in [-0.2, -0.15) is 0 Å². The van der Waals surface area contributed by atoms with Crippen LogP contribution < -0.4 is 10.6 Å². The van der Waals surface area contributed by atoms with E-state index in [1.807, 2.05) is 11.3 Å². The Balaban J connectivity index is 2.16. The second kappa shape index (κ2) is 5.52. The summed E-state index contributed by atoms with van der Waals surface area (Å²) in [4.78, 5) is 2.35. The Bertz CT molecular complexity index is 478. The maximum Gasteiger partial charge on any atom is 0.0552 e. The van der Waals surface area contributed by atoms with Crippen LogP contribution in [0.25, 0.3) is 10.1 Å². The second-order valence-electron chi connectivity index (χ2n) is 4.68. The minimum Gasteiger partial charge on any atom is -0.373 e. The third-order valence-corrected chi connectivity index (χ3v) is 4.07. The number of rotatable bonds is 5. The molecule has 2 aromatic rings. The van der Waals surface area contributed by atoms with E-state index in [0.29, 0.717) is 5.92 Å². The Labute approximate surface area is 107 Å². The van der Waals surface area contributed by atoms with Crippen molar-refractivity contribution in [2.24, 2.45) is 11.7 Å². The fourth-order valence-corrected chi connectivity index (χ4v) is 3.20. The quantitative estimate of drug-likeness (QED) is 0.879. The molecule has 2 rings (SSSR count). The lowest BCUT2D eigenvalue weighted by Gasteiger charge is -2.22. The molecule has 92 valence electrons. The first-order chi connectivity index (χ1) is 8.22. The number of nitrogens with two attached hydrogens (primary N) is 1.